The maximum Gasteiger partial charge on any atom is 0.332 e. The molecule has 0 bridgehead atoms. The number of piperidine rings is 1. The first-order valence-electron chi connectivity index (χ1n) is 17.0. The number of nitrogens with one attached hydrogen (secondary N) is 2. The first-order valence-corrected chi connectivity index (χ1v) is 17.7. The van der Waals surface area contributed by atoms with Gasteiger partial charge in [-0.25, -0.2) is 19.7 Å². The number of aromatic nitrogens is 5. The zero-order chi connectivity index (χ0) is 35.6. The number of carbonyl (C=O) groups is 1. The Kier molecular flexibility index (Phi) is 8.35. The van der Waals surface area contributed by atoms with Gasteiger partial charge in [-0.05, 0) is 49.8 Å². The second kappa shape index (κ2) is 12.8. The van der Waals surface area contributed by atoms with Crippen LogP contribution in [0.1, 0.15) is 49.3 Å². The molecule has 5 aromatic rings. The number of amides is 1. The number of carbonyl (C=O) groups excluding carboxylic acids is 1. The predicted molar refractivity (Wildman–Crippen MR) is 197 cm³/mol. The largest absolute Gasteiger partial charge is 0.481 e. The highest BCUT2D eigenvalue weighted by Gasteiger charge is 2.45. The molecular formula is C37H36Cl2N8O4. The van der Waals surface area contributed by atoms with E-state index in [1.807, 2.05) is 30.3 Å². The van der Waals surface area contributed by atoms with Crippen molar-refractivity contribution in [3.63, 3.8) is 0 Å². The number of aryl methyl sites for hydroxylation is 2. The van der Waals surface area contributed by atoms with Crippen molar-refractivity contribution in [3.8, 4) is 28.3 Å². The van der Waals surface area contributed by atoms with Gasteiger partial charge in [0.05, 0.1) is 34.1 Å². The zero-order valence-electron chi connectivity index (χ0n) is 28.4. The number of rotatable bonds is 6. The summed E-state index contributed by atoms with van der Waals surface area (Å²) in [5, 5.41) is 7.49. The van der Waals surface area contributed by atoms with E-state index in [9.17, 15) is 14.4 Å². The summed E-state index contributed by atoms with van der Waals surface area (Å²) in [5.41, 5.74) is 4.65. The van der Waals surface area contributed by atoms with Gasteiger partial charge in [0, 0.05) is 61.9 Å². The van der Waals surface area contributed by atoms with Gasteiger partial charge in [-0.15, -0.1) is 0 Å². The van der Waals surface area contributed by atoms with Crippen molar-refractivity contribution in [3.05, 3.63) is 90.8 Å². The van der Waals surface area contributed by atoms with Crippen molar-refractivity contribution >= 4 is 51.6 Å². The highest BCUT2D eigenvalue weighted by atomic mass is 35.5. The molecule has 51 heavy (non-hydrogen) atoms. The fourth-order valence-electron chi connectivity index (χ4n) is 8.12. The summed E-state index contributed by atoms with van der Waals surface area (Å²) in [6.07, 6.45) is 6.64. The normalized spacial score (nSPS) is 20.2. The number of benzene rings is 2. The minimum absolute atomic E-state index is 0.139. The smallest absolute Gasteiger partial charge is 0.332 e. The van der Waals surface area contributed by atoms with Gasteiger partial charge in [0.25, 0.3) is 5.56 Å². The number of nitrogens with zero attached hydrogens (tertiary/aromatic N) is 6. The van der Waals surface area contributed by atoms with Crippen LogP contribution in [0.3, 0.4) is 0 Å². The fraction of sp³-hybridized carbons (Fsp3) is 0.351. The first-order chi connectivity index (χ1) is 24.6. The van der Waals surface area contributed by atoms with Gasteiger partial charge >= 0.3 is 5.69 Å². The molecule has 0 saturated carbocycles. The second-order valence-electron chi connectivity index (χ2n) is 13.6. The first kappa shape index (κ1) is 33.4. The standard InChI is InChI=1S/C37H36Cl2N8O4/c1-45-33-29(35(49)46(2)36(45)50)32(40-19-41-33)42-24-10-5-8-22(31(24)39)21-7-4-9-23(30(21)38)25-17-20-12-13-26(28(20)34(43-25)51-3)47-16-15-37(18-47)14-6-11-27(48)44-37/h4-5,7-10,17,19,26H,6,11-16,18H2,1-3H3,(H,44,48)(H,40,41,42)/t26-,37-/m1/s1. The molecule has 3 aromatic heterocycles. The summed E-state index contributed by atoms with van der Waals surface area (Å²) in [7, 11) is 4.62. The van der Waals surface area contributed by atoms with Gasteiger partial charge in [-0.3, -0.25) is 23.6 Å². The van der Waals surface area contributed by atoms with E-state index in [0.29, 0.717) is 44.9 Å². The number of likely N-dealkylation sites (tertiary alicyclic amines) is 1. The molecule has 1 aliphatic carbocycles. The Hall–Kier alpha value is -4.78. The van der Waals surface area contributed by atoms with Crippen LogP contribution in [0, 0.1) is 0 Å². The van der Waals surface area contributed by atoms with Crippen LogP contribution in [-0.4, -0.2) is 60.6 Å². The monoisotopic (exact) mass is 726 g/mol. The number of hydrogen-bond donors (Lipinski definition) is 2. The third-order valence-electron chi connectivity index (χ3n) is 10.7. The van der Waals surface area contributed by atoms with E-state index in [-0.39, 0.29) is 34.3 Å². The summed E-state index contributed by atoms with van der Waals surface area (Å²) in [4.78, 5) is 53.9. The van der Waals surface area contributed by atoms with Gasteiger partial charge in [0.1, 0.15) is 17.5 Å². The summed E-state index contributed by atoms with van der Waals surface area (Å²) in [6.45, 7) is 1.75. The van der Waals surface area contributed by atoms with Crippen molar-refractivity contribution in [2.45, 2.75) is 50.1 Å². The molecule has 2 fully saturated rings. The third kappa shape index (κ3) is 5.56. The van der Waals surface area contributed by atoms with Crippen LogP contribution in [0.2, 0.25) is 10.0 Å². The van der Waals surface area contributed by atoms with Gasteiger partial charge in [0.15, 0.2) is 5.65 Å². The fourth-order valence-corrected chi connectivity index (χ4v) is 8.72. The van der Waals surface area contributed by atoms with E-state index in [1.165, 1.54) is 23.5 Å². The Morgan fingerprint density at radius 2 is 1.73 bits per heavy atom. The Labute approximate surface area is 303 Å². The minimum Gasteiger partial charge on any atom is -0.481 e. The maximum absolute atomic E-state index is 13.1. The molecule has 8 rings (SSSR count). The molecule has 0 unspecified atom stereocenters. The Bertz CT molecular complexity index is 2380. The topological polar surface area (TPSA) is 136 Å². The van der Waals surface area contributed by atoms with E-state index in [0.717, 1.165) is 60.9 Å². The van der Waals surface area contributed by atoms with Crippen LogP contribution in [0.25, 0.3) is 33.4 Å². The zero-order valence-corrected chi connectivity index (χ0v) is 29.9. The molecule has 2 N–H and O–H groups in total. The lowest BCUT2D eigenvalue weighted by Crippen LogP contribution is -2.53. The Balaban J connectivity index is 1.12. The minimum atomic E-state index is -0.523. The highest BCUT2D eigenvalue weighted by Crippen LogP contribution is 2.47. The van der Waals surface area contributed by atoms with Gasteiger partial charge < -0.3 is 15.4 Å². The molecule has 1 spiro atoms. The Morgan fingerprint density at radius 3 is 2.51 bits per heavy atom. The van der Waals surface area contributed by atoms with Crippen molar-refractivity contribution < 1.29 is 9.53 Å². The second-order valence-corrected chi connectivity index (χ2v) is 14.4. The van der Waals surface area contributed by atoms with E-state index < -0.39 is 11.2 Å². The SMILES string of the molecule is COc1nc(-c2cccc(-c3cccc(Nc4ncnc5c4c(=O)n(C)c(=O)n5C)c3Cl)c2Cl)cc2c1[C@H](N1CC[C@]3(CCCC(=O)N3)C1)CC2. The van der Waals surface area contributed by atoms with Gasteiger partial charge in [0.2, 0.25) is 11.8 Å². The summed E-state index contributed by atoms with van der Waals surface area (Å²) >= 11 is 14.2. The van der Waals surface area contributed by atoms with Crippen molar-refractivity contribution in [2.75, 3.05) is 25.5 Å². The average Bonchev–Trinajstić information content (AvgIpc) is 3.74. The molecule has 2 aromatic carbocycles. The average molecular weight is 728 g/mol. The number of pyridine rings is 1. The molecule has 1 amide bonds. The van der Waals surface area contributed by atoms with Crippen molar-refractivity contribution in [1.29, 1.82) is 0 Å². The number of anilines is 2. The van der Waals surface area contributed by atoms with Crippen molar-refractivity contribution in [2.24, 2.45) is 14.1 Å². The Morgan fingerprint density at radius 1 is 0.961 bits per heavy atom. The quantitative estimate of drug-likeness (QED) is 0.231. The molecule has 3 aliphatic rings. The molecule has 2 atom stereocenters. The van der Waals surface area contributed by atoms with E-state index in [2.05, 4.69) is 31.6 Å². The van der Waals surface area contributed by atoms with Gasteiger partial charge in [-0.2, -0.15) is 0 Å². The van der Waals surface area contributed by atoms with Crippen LogP contribution in [0.4, 0.5) is 11.5 Å². The van der Waals surface area contributed by atoms with Crippen LogP contribution in [0.15, 0.2) is 58.4 Å². The lowest BCUT2D eigenvalue weighted by atomic mass is 9.88. The summed E-state index contributed by atoms with van der Waals surface area (Å²) in [6, 6.07) is 13.5. The number of ether oxygens (including phenoxy) is 1. The molecule has 5 heterocycles. The molecule has 12 nitrogen and oxygen atoms in total. The van der Waals surface area contributed by atoms with E-state index >= 15 is 0 Å². The van der Waals surface area contributed by atoms with Crippen LogP contribution >= 0.6 is 23.2 Å². The lowest BCUT2D eigenvalue weighted by Gasteiger charge is -2.35. The number of methoxy groups -OCH3 is 1. The van der Waals surface area contributed by atoms with Crippen LogP contribution in [0.5, 0.6) is 5.88 Å². The molecule has 2 saturated heterocycles. The molecular weight excluding hydrogens is 691 g/mol. The number of halogens is 2. The van der Waals surface area contributed by atoms with Crippen LogP contribution < -0.4 is 26.6 Å². The molecule has 262 valence electrons. The van der Waals surface area contributed by atoms with Crippen LogP contribution in [-0.2, 0) is 25.3 Å². The molecule has 2 aliphatic heterocycles. The van der Waals surface area contributed by atoms with E-state index in [4.69, 9.17) is 32.9 Å². The molecule has 14 heteroatoms. The van der Waals surface area contributed by atoms with Crippen molar-refractivity contribution in [1.82, 2.24) is 34.3 Å². The van der Waals surface area contributed by atoms with E-state index in [1.54, 1.807) is 20.2 Å². The summed E-state index contributed by atoms with van der Waals surface area (Å²) < 4.78 is 8.25. The number of fused-ring (bicyclic) bond motifs is 2. The lowest BCUT2D eigenvalue weighted by molar-refractivity contribution is -0.125. The molecule has 0 radical (unpaired) electrons. The highest BCUT2D eigenvalue weighted by molar-refractivity contribution is 6.39. The summed E-state index contributed by atoms with van der Waals surface area (Å²) in [5.74, 6) is 0.961. The maximum atomic E-state index is 13.1. The predicted octanol–water partition coefficient (Wildman–Crippen LogP) is 5.55. The number of hydrogen-bond acceptors (Lipinski definition) is 9. The third-order valence-corrected chi connectivity index (χ3v) is 11.5. The van der Waals surface area contributed by atoms with Gasteiger partial charge in [-0.1, -0.05) is 53.5 Å².